The Morgan fingerprint density at radius 1 is 1.08 bits per heavy atom. The van der Waals surface area contributed by atoms with E-state index in [-0.39, 0.29) is 5.78 Å². The van der Waals surface area contributed by atoms with Crippen molar-refractivity contribution < 1.29 is 14.3 Å². The van der Waals surface area contributed by atoms with Gasteiger partial charge in [0.15, 0.2) is 11.6 Å². The van der Waals surface area contributed by atoms with Gasteiger partial charge in [-0.15, -0.1) is 0 Å². The number of carbonyl (C=O) groups excluding carboxylic acids is 1. The fourth-order valence-electron chi connectivity index (χ4n) is 2.24. The predicted molar refractivity (Wildman–Crippen MR) is 45.0 cm³/mol. The van der Waals surface area contributed by atoms with Crippen LogP contribution in [0.15, 0.2) is 23.3 Å². The number of fused-ring (bicyclic) bond motifs is 1. The molecule has 1 aliphatic heterocycles. The second-order valence-electron chi connectivity index (χ2n) is 3.70. The van der Waals surface area contributed by atoms with Crippen molar-refractivity contribution >= 4 is 5.78 Å². The Balaban J connectivity index is 1.92. The van der Waals surface area contributed by atoms with Crippen molar-refractivity contribution in [3.8, 4) is 0 Å². The molecule has 0 aromatic carbocycles. The molecule has 68 valence electrons. The van der Waals surface area contributed by atoms with Gasteiger partial charge in [-0.2, -0.15) is 0 Å². The summed E-state index contributed by atoms with van der Waals surface area (Å²) in [4.78, 5) is 11.0. The van der Waals surface area contributed by atoms with Crippen molar-refractivity contribution in [1.29, 1.82) is 0 Å². The smallest absolute Gasteiger partial charge is 0.179 e. The molecule has 0 unspecified atom stereocenters. The Morgan fingerprint density at radius 2 is 1.62 bits per heavy atom. The van der Waals surface area contributed by atoms with Crippen LogP contribution in [-0.2, 0) is 14.3 Å². The Hall–Kier alpha value is -0.930. The van der Waals surface area contributed by atoms with Gasteiger partial charge >= 0.3 is 0 Å². The van der Waals surface area contributed by atoms with Crippen LogP contribution in [0.5, 0.6) is 0 Å². The number of rotatable bonds is 0. The van der Waals surface area contributed by atoms with Crippen molar-refractivity contribution in [3.05, 3.63) is 23.3 Å². The van der Waals surface area contributed by atoms with Crippen molar-refractivity contribution in [1.82, 2.24) is 0 Å². The van der Waals surface area contributed by atoms with Gasteiger partial charge in [0, 0.05) is 12.8 Å². The molecule has 0 N–H and O–H groups in total. The molecule has 2 fully saturated rings. The zero-order chi connectivity index (χ0) is 8.89. The topological polar surface area (TPSA) is 35.5 Å². The van der Waals surface area contributed by atoms with E-state index in [1.54, 1.807) is 12.2 Å². The van der Waals surface area contributed by atoms with E-state index >= 15 is 0 Å². The number of allylic oxidation sites excluding steroid dienone is 2. The van der Waals surface area contributed by atoms with Gasteiger partial charge in [-0.25, -0.2) is 0 Å². The molecule has 0 radical (unpaired) electrons. The number of hydrogen-bond donors (Lipinski definition) is 0. The molecule has 0 amide bonds. The molecule has 1 spiro atoms. The van der Waals surface area contributed by atoms with Crippen LogP contribution in [0.4, 0.5) is 0 Å². The molecule has 2 aliphatic carbocycles. The van der Waals surface area contributed by atoms with Crippen LogP contribution in [0.1, 0.15) is 12.8 Å². The second-order valence-corrected chi connectivity index (χ2v) is 3.70. The zero-order valence-corrected chi connectivity index (χ0v) is 7.21. The van der Waals surface area contributed by atoms with E-state index < -0.39 is 5.79 Å². The Morgan fingerprint density at radius 3 is 2.15 bits per heavy atom. The molecule has 1 heterocycles. The van der Waals surface area contributed by atoms with E-state index in [9.17, 15) is 4.79 Å². The van der Waals surface area contributed by atoms with Crippen LogP contribution in [0.25, 0.3) is 0 Å². The summed E-state index contributed by atoms with van der Waals surface area (Å²) in [5, 5.41) is 0. The first-order valence-electron chi connectivity index (χ1n) is 4.51. The minimum absolute atomic E-state index is 0.109. The Labute approximate surface area is 76.0 Å². The molecule has 3 heteroatoms. The highest BCUT2D eigenvalue weighted by atomic mass is 16.7. The summed E-state index contributed by atoms with van der Waals surface area (Å²) in [5.74, 6) is -0.309. The quantitative estimate of drug-likeness (QED) is 0.554. The van der Waals surface area contributed by atoms with E-state index in [2.05, 4.69) is 0 Å². The monoisotopic (exact) mass is 178 g/mol. The molecule has 0 atom stereocenters. The molecular formula is C10H10O3. The first-order valence-corrected chi connectivity index (χ1v) is 4.51. The highest BCUT2D eigenvalue weighted by molar-refractivity contribution is 6.04. The highest BCUT2D eigenvalue weighted by Crippen LogP contribution is 2.45. The van der Waals surface area contributed by atoms with Gasteiger partial charge < -0.3 is 9.47 Å². The second kappa shape index (κ2) is 2.30. The lowest BCUT2D eigenvalue weighted by molar-refractivity contribution is -0.145. The van der Waals surface area contributed by atoms with E-state index in [4.69, 9.17) is 9.47 Å². The number of ketones is 1. The minimum Gasteiger partial charge on any atom is -0.347 e. The van der Waals surface area contributed by atoms with E-state index in [1.165, 1.54) is 0 Å². The van der Waals surface area contributed by atoms with Crippen LogP contribution in [0.3, 0.4) is 0 Å². The number of carbonyl (C=O) groups is 1. The average molecular weight is 178 g/mol. The van der Waals surface area contributed by atoms with Crippen molar-refractivity contribution in [2.75, 3.05) is 13.2 Å². The van der Waals surface area contributed by atoms with Crippen LogP contribution in [0, 0.1) is 0 Å². The first-order chi connectivity index (χ1) is 6.27. The zero-order valence-electron chi connectivity index (χ0n) is 7.21. The third kappa shape index (κ3) is 1.01. The number of hydrogen-bond acceptors (Lipinski definition) is 3. The molecule has 1 saturated heterocycles. The van der Waals surface area contributed by atoms with Crippen LogP contribution in [0.2, 0.25) is 0 Å². The largest absolute Gasteiger partial charge is 0.347 e. The van der Waals surface area contributed by atoms with Gasteiger partial charge in [-0.3, -0.25) is 4.79 Å². The summed E-state index contributed by atoms with van der Waals surface area (Å²) >= 11 is 0. The van der Waals surface area contributed by atoms with Crippen LogP contribution >= 0.6 is 0 Å². The van der Waals surface area contributed by atoms with Gasteiger partial charge in [0.05, 0.1) is 13.2 Å². The Kier molecular flexibility index (Phi) is 1.32. The van der Waals surface area contributed by atoms with Gasteiger partial charge in [0.1, 0.15) is 0 Å². The van der Waals surface area contributed by atoms with Crippen LogP contribution in [-0.4, -0.2) is 24.8 Å². The summed E-state index contributed by atoms with van der Waals surface area (Å²) in [5.41, 5.74) is 2.21. The SMILES string of the molecule is O=C1C=C2CC3(CC2=C1)OCCO3. The molecule has 0 aromatic rings. The molecule has 3 rings (SSSR count). The number of ether oxygens (including phenoxy) is 2. The summed E-state index contributed by atoms with van der Waals surface area (Å²) in [6, 6.07) is 0. The molecule has 0 bridgehead atoms. The predicted octanol–water partition coefficient (Wildman–Crippen LogP) is 0.959. The fraction of sp³-hybridized carbons (Fsp3) is 0.500. The minimum atomic E-state index is -0.418. The molecule has 1 saturated carbocycles. The molecule has 0 aromatic heterocycles. The lowest BCUT2D eigenvalue weighted by Crippen LogP contribution is -2.25. The first kappa shape index (κ1) is 7.47. The van der Waals surface area contributed by atoms with Gasteiger partial charge in [0.2, 0.25) is 0 Å². The van der Waals surface area contributed by atoms with Crippen molar-refractivity contribution in [3.63, 3.8) is 0 Å². The maximum Gasteiger partial charge on any atom is 0.179 e. The molecule has 13 heavy (non-hydrogen) atoms. The van der Waals surface area contributed by atoms with Gasteiger partial charge in [0.25, 0.3) is 0 Å². The summed E-state index contributed by atoms with van der Waals surface area (Å²) < 4.78 is 11.1. The van der Waals surface area contributed by atoms with Crippen LogP contribution < -0.4 is 0 Å². The lowest BCUT2D eigenvalue weighted by atomic mass is 10.2. The summed E-state index contributed by atoms with van der Waals surface area (Å²) in [7, 11) is 0. The standard InChI is InChI=1S/C10H10O3/c11-9-3-7-5-10(6-8(7)4-9)12-1-2-13-10/h3-4H,1-2,5-6H2. The third-order valence-corrected chi connectivity index (χ3v) is 2.78. The summed E-state index contributed by atoms with van der Waals surface area (Å²) in [6.45, 7) is 1.35. The fourth-order valence-corrected chi connectivity index (χ4v) is 2.24. The van der Waals surface area contributed by atoms with Crippen molar-refractivity contribution in [2.24, 2.45) is 0 Å². The Bertz CT molecular complexity index is 306. The molecular weight excluding hydrogens is 168 g/mol. The van der Waals surface area contributed by atoms with Gasteiger partial charge in [-0.05, 0) is 23.3 Å². The highest BCUT2D eigenvalue weighted by Gasteiger charge is 2.45. The van der Waals surface area contributed by atoms with Crippen molar-refractivity contribution in [2.45, 2.75) is 18.6 Å². The van der Waals surface area contributed by atoms with E-state index in [0.29, 0.717) is 13.2 Å². The normalized spacial score (nSPS) is 29.4. The lowest BCUT2D eigenvalue weighted by Gasteiger charge is -2.19. The van der Waals surface area contributed by atoms with Gasteiger partial charge in [-0.1, -0.05) is 0 Å². The third-order valence-electron chi connectivity index (χ3n) is 2.78. The maximum absolute atomic E-state index is 11.0. The summed E-state index contributed by atoms with van der Waals surface area (Å²) in [6.07, 6.45) is 4.86. The average Bonchev–Trinajstić information content (AvgIpc) is 2.67. The maximum atomic E-state index is 11.0. The molecule has 3 aliphatic rings. The van der Waals surface area contributed by atoms with E-state index in [0.717, 1.165) is 24.0 Å². The van der Waals surface area contributed by atoms with E-state index in [1.807, 2.05) is 0 Å². The molecule has 3 nitrogen and oxygen atoms in total.